The van der Waals surface area contributed by atoms with E-state index in [1.54, 1.807) is 25.5 Å². The minimum Gasteiger partial charge on any atom is -0.481 e. The van der Waals surface area contributed by atoms with Crippen molar-refractivity contribution in [2.75, 3.05) is 27.7 Å². The highest BCUT2D eigenvalue weighted by Crippen LogP contribution is 2.41. The molecule has 0 fully saturated rings. The highest BCUT2D eigenvalue weighted by atomic mass is 79.9. The molecule has 0 aliphatic heterocycles. The molecule has 4 aromatic rings. The lowest BCUT2D eigenvalue weighted by Gasteiger charge is -2.29. The lowest BCUT2D eigenvalue weighted by atomic mass is 9.86. The molecule has 0 spiro atoms. The largest absolute Gasteiger partial charge is 0.481 e. The van der Waals surface area contributed by atoms with E-state index in [1.165, 1.54) is 0 Å². The summed E-state index contributed by atoms with van der Waals surface area (Å²) in [5.74, 6) is 0.998. The number of methoxy groups -OCH3 is 1. The second kappa shape index (κ2) is 8.83. The summed E-state index contributed by atoms with van der Waals surface area (Å²) in [4.78, 5) is 6.89. The predicted octanol–water partition coefficient (Wildman–Crippen LogP) is 5.45. The molecule has 1 unspecified atom stereocenters. The Hall–Kier alpha value is -2.67. The molecule has 1 atom stereocenters. The number of halogens is 1. The molecular formula is C25H25BrN2O3. The molecule has 1 N–H and O–H groups in total. The van der Waals surface area contributed by atoms with Gasteiger partial charge in [-0.15, -0.1) is 0 Å². The Morgan fingerprint density at radius 2 is 1.87 bits per heavy atom. The molecule has 0 radical (unpaired) electrons. The van der Waals surface area contributed by atoms with Gasteiger partial charge in [0.15, 0.2) is 5.60 Å². The van der Waals surface area contributed by atoms with E-state index in [1.807, 2.05) is 61.5 Å². The van der Waals surface area contributed by atoms with Gasteiger partial charge in [-0.2, -0.15) is 0 Å². The Morgan fingerprint density at radius 3 is 2.52 bits per heavy atom. The molecule has 2 heterocycles. The second-order valence-electron chi connectivity index (χ2n) is 7.83. The highest BCUT2D eigenvalue weighted by molar-refractivity contribution is 9.10. The third-order valence-electron chi connectivity index (χ3n) is 5.42. The summed E-state index contributed by atoms with van der Waals surface area (Å²) in [7, 11) is 5.58. The van der Waals surface area contributed by atoms with Crippen LogP contribution in [-0.2, 0) is 5.60 Å². The fourth-order valence-corrected chi connectivity index (χ4v) is 4.29. The fraction of sp³-hybridized carbons (Fsp3) is 0.240. The first-order valence-electron chi connectivity index (χ1n) is 10.1. The molecule has 0 amide bonds. The monoisotopic (exact) mass is 480 g/mol. The van der Waals surface area contributed by atoms with E-state index in [2.05, 4.69) is 22.0 Å². The SMILES string of the molecule is COc1nc2c(C(O)(CCN(C)C)c3ccco3)cc(Br)cc2cc1-c1ccccc1. The number of aromatic nitrogens is 1. The molecule has 4 rings (SSSR count). The van der Waals surface area contributed by atoms with Crippen molar-refractivity contribution >= 4 is 26.8 Å². The van der Waals surface area contributed by atoms with Gasteiger partial charge in [0.05, 0.1) is 18.9 Å². The second-order valence-corrected chi connectivity index (χ2v) is 8.74. The maximum absolute atomic E-state index is 11.9. The summed E-state index contributed by atoms with van der Waals surface area (Å²) < 4.78 is 12.2. The van der Waals surface area contributed by atoms with Crippen molar-refractivity contribution < 1.29 is 14.3 Å². The van der Waals surface area contributed by atoms with Crippen LogP contribution < -0.4 is 4.74 Å². The van der Waals surface area contributed by atoms with Crippen LogP contribution in [0, 0.1) is 0 Å². The zero-order valence-corrected chi connectivity index (χ0v) is 19.4. The Kier molecular flexibility index (Phi) is 6.14. The van der Waals surface area contributed by atoms with Crippen LogP contribution in [0.15, 0.2) is 75.8 Å². The van der Waals surface area contributed by atoms with Crippen LogP contribution in [0.2, 0.25) is 0 Å². The number of pyridine rings is 1. The van der Waals surface area contributed by atoms with E-state index in [0.29, 0.717) is 35.7 Å². The van der Waals surface area contributed by atoms with Crippen molar-refractivity contribution in [3.05, 3.63) is 82.7 Å². The summed E-state index contributed by atoms with van der Waals surface area (Å²) in [6.07, 6.45) is 2.03. The lowest BCUT2D eigenvalue weighted by Crippen LogP contribution is -2.32. The summed E-state index contributed by atoms with van der Waals surface area (Å²) in [6.45, 7) is 0.671. The molecule has 160 valence electrons. The van der Waals surface area contributed by atoms with Gasteiger partial charge in [0.2, 0.25) is 5.88 Å². The van der Waals surface area contributed by atoms with Crippen LogP contribution in [0.3, 0.4) is 0 Å². The fourth-order valence-electron chi connectivity index (χ4n) is 3.82. The van der Waals surface area contributed by atoms with Gasteiger partial charge in [-0.25, -0.2) is 4.98 Å². The highest BCUT2D eigenvalue weighted by Gasteiger charge is 2.37. The predicted molar refractivity (Wildman–Crippen MR) is 126 cm³/mol. The van der Waals surface area contributed by atoms with Gasteiger partial charge in [-0.3, -0.25) is 0 Å². The number of rotatable bonds is 7. The number of hydrogen-bond donors (Lipinski definition) is 1. The Labute approximate surface area is 190 Å². The van der Waals surface area contributed by atoms with Crippen LogP contribution in [0.1, 0.15) is 17.7 Å². The molecule has 0 bridgehead atoms. The van der Waals surface area contributed by atoms with Crippen LogP contribution in [0.25, 0.3) is 22.0 Å². The van der Waals surface area contributed by atoms with Crippen LogP contribution in [0.5, 0.6) is 5.88 Å². The summed E-state index contributed by atoms with van der Waals surface area (Å²) in [5.41, 5.74) is 1.92. The van der Waals surface area contributed by atoms with Crippen LogP contribution in [-0.4, -0.2) is 42.7 Å². The van der Waals surface area contributed by atoms with Gasteiger partial charge in [-0.1, -0.05) is 46.3 Å². The van der Waals surface area contributed by atoms with Crippen molar-refractivity contribution in [1.82, 2.24) is 9.88 Å². The zero-order valence-electron chi connectivity index (χ0n) is 17.8. The van der Waals surface area contributed by atoms with E-state index in [9.17, 15) is 5.11 Å². The summed E-state index contributed by atoms with van der Waals surface area (Å²) in [6, 6.07) is 19.6. The lowest BCUT2D eigenvalue weighted by molar-refractivity contribution is 0.0420. The van der Waals surface area contributed by atoms with Gasteiger partial charge < -0.3 is 19.2 Å². The first kappa shape index (κ1) is 21.6. The van der Waals surface area contributed by atoms with Crippen molar-refractivity contribution in [2.24, 2.45) is 0 Å². The summed E-state index contributed by atoms with van der Waals surface area (Å²) >= 11 is 3.62. The van der Waals surface area contributed by atoms with E-state index >= 15 is 0 Å². The molecule has 2 aromatic carbocycles. The summed E-state index contributed by atoms with van der Waals surface area (Å²) in [5, 5.41) is 12.8. The number of ether oxygens (including phenoxy) is 1. The van der Waals surface area contributed by atoms with Gasteiger partial charge in [-0.05, 0) is 50.0 Å². The molecule has 5 nitrogen and oxygen atoms in total. The maximum atomic E-state index is 11.9. The van der Waals surface area contributed by atoms with Crippen molar-refractivity contribution in [2.45, 2.75) is 12.0 Å². The normalized spacial score (nSPS) is 13.5. The molecule has 31 heavy (non-hydrogen) atoms. The first-order chi connectivity index (χ1) is 14.9. The number of aliphatic hydroxyl groups is 1. The quantitative estimate of drug-likeness (QED) is 0.380. The smallest absolute Gasteiger partial charge is 0.221 e. The molecule has 2 aromatic heterocycles. The molecule has 6 heteroatoms. The maximum Gasteiger partial charge on any atom is 0.221 e. The Morgan fingerprint density at radius 1 is 1.10 bits per heavy atom. The van der Waals surface area contributed by atoms with E-state index in [0.717, 1.165) is 21.0 Å². The number of benzene rings is 2. The molecular weight excluding hydrogens is 456 g/mol. The average molecular weight is 481 g/mol. The molecule has 0 saturated carbocycles. The van der Waals surface area contributed by atoms with Crippen molar-refractivity contribution in [3.8, 4) is 17.0 Å². The minimum atomic E-state index is -1.35. The molecule has 0 aliphatic carbocycles. The van der Waals surface area contributed by atoms with E-state index in [-0.39, 0.29) is 0 Å². The van der Waals surface area contributed by atoms with Gasteiger partial charge >= 0.3 is 0 Å². The molecule has 0 aliphatic rings. The van der Waals surface area contributed by atoms with Crippen molar-refractivity contribution in [3.63, 3.8) is 0 Å². The zero-order chi connectivity index (χ0) is 22.0. The van der Waals surface area contributed by atoms with Gasteiger partial charge in [0, 0.05) is 34.0 Å². The van der Waals surface area contributed by atoms with Crippen LogP contribution >= 0.6 is 15.9 Å². The number of fused-ring (bicyclic) bond motifs is 1. The van der Waals surface area contributed by atoms with Gasteiger partial charge in [0.25, 0.3) is 0 Å². The number of hydrogen-bond acceptors (Lipinski definition) is 5. The number of nitrogens with zero attached hydrogens (tertiary/aromatic N) is 2. The third-order valence-corrected chi connectivity index (χ3v) is 5.88. The van der Waals surface area contributed by atoms with Crippen molar-refractivity contribution in [1.29, 1.82) is 0 Å². The van der Waals surface area contributed by atoms with E-state index < -0.39 is 5.60 Å². The van der Waals surface area contributed by atoms with Crippen LogP contribution in [0.4, 0.5) is 0 Å². The minimum absolute atomic E-state index is 0.448. The average Bonchev–Trinajstić information content (AvgIpc) is 3.32. The third kappa shape index (κ3) is 4.24. The van der Waals surface area contributed by atoms with Gasteiger partial charge in [0.1, 0.15) is 5.76 Å². The topological polar surface area (TPSA) is 58.7 Å². The first-order valence-corrected chi connectivity index (χ1v) is 10.9. The number of furan rings is 1. The standard InChI is InChI=1S/C25H25BrN2O3/c1-28(2)12-11-25(29,22-10-7-13-31-22)21-16-19(26)14-18-15-20(17-8-5-4-6-9-17)24(30-3)27-23(18)21/h4-10,13-16,29H,11-12H2,1-3H3. The van der Waals surface area contributed by atoms with E-state index in [4.69, 9.17) is 14.1 Å². The Bertz CT molecular complexity index is 1180. The molecule has 0 saturated heterocycles. The Balaban J connectivity index is 1.97.